The summed E-state index contributed by atoms with van der Waals surface area (Å²) in [7, 11) is 0. The van der Waals surface area contributed by atoms with Crippen LogP contribution in [0.25, 0.3) is 0 Å². The van der Waals surface area contributed by atoms with Crippen molar-refractivity contribution in [3.05, 3.63) is 33.2 Å². The van der Waals surface area contributed by atoms with E-state index >= 15 is 0 Å². The number of nitrogens with one attached hydrogen (secondary N) is 1. The molecule has 0 unspecified atom stereocenters. The Morgan fingerprint density at radius 1 is 1.48 bits per heavy atom. The van der Waals surface area contributed by atoms with Gasteiger partial charge in [-0.25, -0.2) is 4.68 Å². The normalized spacial score (nSPS) is 15.7. The first kappa shape index (κ1) is 16.4. The Morgan fingerprint density at radius 3 is 2.91 bits per heavy atom. The Labute approximate surface area is 144 Å². The zero-order chi connectivity index (χ0) is 16.2. The fraction of sp³-hybridized carbons (Fsp3) is 0.533. The van der Waals surface area contributed by atoms with Gasteiger partial charge in [-0.05, 0) is 45.0 Å². The maximum Gasteiger partial charge on any atom is 0.276 e. The number of hydrogen-bond donors (Lipinski definition) is 1. The molecule has 3 heterocycles. The van der Waals surface area contributed by atoms with E-state index in [4.69, 9.17) is 11.6 Å². The van der Waals surface area contributed by atoms with Gasteiger partial charge in [0, 0.05) is 11.4 Å². The summed E-state index contributed by atoms with van der Waals surface area (Å²) in [5, 5.41) is 11.6. The summed E-state index contributed by atoms with van der Waals surface area (Å²) in [5.41, 5.74) is 0.410. The third kappa shape index (κ3) is 3.91. The van der Waals surface area contributed by atoms with Crippen LogP contribution in [0.3, 0.4) is 0 Å². The highest BCUT2D eigenvalue weighted by Gasteiger charge is 2.22. The number of halogens is 1. The lowest BCUT2D eigenvalue weighted by Crippen LogP contribution is -2.30. The van der Waals surface area contributed by atoms with Crippen molar-refractivity contribution in [3.63, 3.8) is 0 Å². The van der Waals surface area contributed by atoms with Crippen molar-refractivity contribution >= 4 is 28.8 Å². The summed E-state index contributed by atoms with van der Waals surface area (Å²) in [6.07, 6.45) is 3.81. The first-order valence-electron chi connectivity index (χ1n) is 7.83. The van der Waals surface area contributed by atoms with Gasteiger partial charge in [0.15, 0.2) is 5.69 Å². The van der Waals surface area contributed by atoms with Gasteiger partial charge in [-0.1, -0.05) is 16.8 Å². The van der Waals surface area contributed by atoms with Crippen LogP contribution in [0.1, 0.15) is 41.2 Å². The maximum absolute atomic E-state index is 12.7. The molecule has 1 aliphatic heterocycles. The molecule has 8 heteroatoms. The molecule has 0 bridgehead atoms. The van der Waals surface area contributed by atoms with Crippen molar-refractivity contribution in [2.75, 3.05) is 19.6 Å². The number of piperidine rings is 1. The number of thiophene rings is 1. The highest BCUT2D eigenvalue weighted by atomic mass is 35.5. The average Bonchev–Trinajstić information content (AvgIpc) is 3.22. The Bertz CT molecular complexity index is 664. The van der Waals surface area contributed by atoms with E-state index in [0.717, 1.165) is 35.1 Å². The fourth-order valence-corrected chi connectivity index (χ4v) is 3.84. The van der Waals surface area contributed by atoms with Crippen LogP contribution in [0, 0.1) is 0 Å². The molecule has 0 radical (unpaired) electrons. The van der Waals surface area contributed by atoms with Crippen molar-refractivity contribution in [1.29, 1.82) is 0 Å². The topological polar surface area (TPSA) is 63.1 Å². The van der Waals surface area contributed by atoms with Crippen LogP contribution in [0.4, 0.5) is 0 Å². The molecule has 0 saturated carbocycles. The molecule has 1 fully saturated rings. The van der Waals surface area contributed by atoms with Gasteiger partial charge in [-0.3, -0.25) is 4.79 Å². The molecule has 6 nitrogen and oxygen atoms in total. The summed E-state index contributed by atoms with van der Waals surface area (Å²) in [4.78, 5) is 15.5. The molecule has 1 amide bonds. The monoisotopic (exact) mass is 353 g/mol. The third-order valence-electron chi connectivity index (χ3n) is 4.06. The van der Waals surface area contributed by atoms with E-state index in [2.05, 4.69) is 15.6 Å². The quantitative estimate of drug-likeness (QED) is 0.897. The summed E-state index contributed by atoms with van der Waals surface area (Å²) in [5.74, 6) is -0.0859. The third-order valence-corrected chi connectivity index (χ3v) is 5.27. The fourth-order valence-electron chi connectivity index (χ4n) is 2.74. The molecule has 0 aromatic carbocycles. The van der Waals surface area contributed by atoms with E-state index in [1.807, 2.05) is 23.7 Å². The number of carbonyl (C=O) groups excluding carboxylic acids is 1. The van der Waals surface area contributed by atoms with Gasteiger partial charge in [0.05, 0.1) is 23.1 Å². The predicted molar refractivity (Wildman–Crippen MR) is 90.9 cm³/mol. The number of rotatable bonds is 5. The van der Waals surface area contributed by atoms with Crippen LogP contribution >= 0.6 is 22.9 Å². The summed E-state index contributed by atoms with van der Waals surface area (Å²) in [6, 6.07) is 4.14. The second-order valence-electron chi connectivity index (χ2n) is 5.59. The van der Waals surface area contributed by atoms with Crippen molar-refractivity contribution in [2.24, 2.45) is 0 Å². The summed E-state index contributed by atoms with van der Waals surface area (Å²) < 4.78 is 2.57. The van der Waals surface area contributed by atoms with Gasteiger partial charge < -0.3 is 10.2 Å². The van der Waals surface area contributed by atoms with E-state index in [1.54, 1.807) is 11.1 Å². The molecule has 0 atom stereocenters. The van der Waals surface area contributed by atoms with Crippen LogP contribution in [0.15, 0.2) is 18.3 Å². The number of carbonyl (C=O) groups is 1. The van der Waals surface area contributed by atoms with Gasteiger partial charge in [0.25, 0.3) is 5.91 Å². The standard InChI is InChI=1S/C15H20ClN5OS/c1-2-20(9-12-3-4-14(16)23-12)15(22)13-10-21(19-18-13)11-5-7-17-8-6-11/h3-4,10-11,17H,2,5-9H2,1H3. The Balaban J connectivity index is 1.69. The lowest BCUT2D eigenvalue weighted by atomic mass is 10.1. The molecule has 0 spiro atoms. The van der Waals surface area contributed by atoms with E-state index in [1.165, 1.54) is 11.3 Å². The smallest absolute Gasteiger partial charge is 0.276 e. The molecule has 124 valence electrons. The molecular weight excluding hydrogens is 334 g/mol. The number of hydrogen-bond acceptors (Lipinski definition) is 5. The summed E-state index contributed by atoms with van der Waals surface area (Å²) in [6.45, 7) is 5.09. The van der Waals surface area contributed by atoms with Crippen LogP contribution in [0.2, 0.25) is 4.34 Å². The highest BCUT2D eigenvalue weighted by molar-refractivity contribution is 7.16. The lowest BCUT2D eigenvalue weighted by Gasteiger charge is -2.22. The van der Waals surface area contributed by atoms with Crippen LogP contribution in [-0.2, 0) is 6.54 Å². The molecule has 2 aromatic heterocycles. The van der Waals surface area contributed by atoms with Crippen LogP contribution < -0.4 is 5.32 Å². The first-order chi connectivity index (χ1) is 11.2. The highest BCUT2D eigenvalue weighted by Crippen LogP contribution is 2.23. The van der Waals surface area contributed by atoms with E-state index in [9.17, 15) is 4.79 Å². The van der Waals surface area contributed by atoms with Gasteiger partial charge >= 0.3 is 0 Å². The van der Waals surface area contributed by atoms with Crippen molar-refractivity contribution in [2.45, 2.75) is 32.4 Å². The predicted octanol–water partition coefficient (Wildman–Crippen LogP) is 2.58. The number of nitrogens with zero attached hydrogens (tertiary/aromatic N) is 4. The van der Waals surface area contributed by atoms with Crippen LogP contribution in [-0.4, -0.2) is 45.4 Å². The molecule has 2 aromatic rings. The number of amides is 1. The van der Waals surface area contributed by atoms with Gasteiger partial charge in [0.1, 0.15) is 0 Å². The second kappa shape index (κ2) is 7.42. The Hall–Kier alpha value is -1.44. The lowest BCUT2D eigenvalue weighted by molar-refractivity contribution is 0.0748. The Kier molecular flexibility index (Phi) is 5.30. The molecule has 0 aliphatic carbocycles. The van der Waals surface area contributed by atoms with Gasteiger partial charge in [-0.15, -0.1) is 16.4 Å². The summed E-state index contributed by atoms with van der Waals surface area (Å²) >= 11 is 7.45. The minimum atomic E-state index is -0.0859. The second-order valence-corrected chi connectivity index (χ2v) is 7.39. The molecular formula is C15H20ClN5OS. The zero-order valence-electron chi connectivity index (χ0n) is 13.0. The average molecular weight is 354 g/mol. The van der Waals surface area contributed by atoms with E-state index in [-0.39, 0.29) is 5.91 Å². The van der Waals surface area contributed by atoms with Crippen molar-refractivity contribution < 1.29 is 4.79 Å². The van der Waals surface area contributed by atoms with E-state index < -0.39 is 0 Å². The number of aromatic nitrogens is 3. The Morgan fingerprint density at radius 2 is 2.26 bits per heavy atom. The largest absolute Gasteiger partial charge is 0.332 e. The SMILES string of the molecule is CCN(Cc1ccc(Cl)s1)C(=O)c1cn(C2CCNCC2)nn1. The minimum absolute atomic E-state index is 0.0859. The van der Waals surface area contributed by atoms with Gasteiger partial charge in [0.2, 0.25) is 0 Å². The molecule has 1 N–H and O–H groups in total. The van der Waals surface area contributed by atoms with Gasteiger partial charge in [-0.2, -0.15) is 0 Å². The van der Waals surface area contributed by atoms with Crippen molar-refractivity contribution in [3.8, 4) is 0 Å². The molecule has 23 heavy (non-hydrogen) atoms. The zero-order valence-corrected chi connectivity index (χ0v) is 14.6. The van der Waals surface area contributed by atoms with Crippen molar-refractivity contribution in [1.82, 2.24) is 25.2 Å². The molecule has 1 aliphatic rings. The maximum atomic E-state index is 12.7. The molecule has 1 saturated heterocycles. The molecule has 3 rings (SSSR count). The minimum Gasteiger partial charge on any atom is -0.332 e. The van der Waals surface area contributed by atoms with E-state index in [0.29, 0.717) is 24.8 Å². The van der Waals surface area contributed by atoms with Crippen LogP contribution in [0.5, 0.6) is 0 Å². The first-order valence-corrected chi connectivity index (χ1v) is 9.03.